The van der Waals surface area contributed by atoms with Gasteiger partial charge in [0.05, 0.1) is 24.3 Å². The first-order valence-electron chi connectivity index (χ1n) is 8.12. The predicted octanol–water partition coefficient (Wildman–Crippen LogP) is 1.90. The van der Waals surface area contributed by atoms with E-state index in [9.17, 15) is 14.0 Å². The number of hydrogen-bond donors (Lipinski definition) is 1. The van der Waals surface area contributed by atoms with Gasteiger partial charge in [-0.15, -0.1) is 0 Å². The van der Waals surface area contributed by atoms with Crippen molar-refractivity contribution in [1.82, 2.24) is 14.9 Å². The van der Waals surface area contributed by atoms with E-state index >= 15 is 0 Å². The zero-order valence-electron chi connectivity index (χ0n) is 14.2. The van der Waals surface area contributed by atoms with Gasteiger partial charge in [-0.25, -0.2) is 9.37 Å². The van der Waals surface area contributed by atoms with Crippen LogP contribution in [0, 0.1) is 5.82 Å². The van der Waals surface area contributed by atoms with Crippen molar-refractivity contribution >= 4 is 16.8 Å². The average Bonchev–Trinajstić information content (AvgIpc) is 2.64. The Morgan fingerprint density at radius 3 is 2.88 bits per heavy atom. The Balaban J connectivity index is 1.63. The van der Waals surface area contributed by atoms with Crippen molar-refractivity contribution in [2.45, 2.75) is 13.0 Å². The normalized spacial score (nSPS) is 10.7. The minimum atomic E-state index is -0.462. The van der Waals surface area contributed by atoms with E-state index in [4.69, 9.17) is 4.74 Å². The topological polar surface area (TPSA) is 73.2 Å². The lowest BCUT2D eigenvalue weighted by molar-refractivity contribution is -0.121. The van der Waals surface area contributed by atoms with Crippen molar-refractivity contribution < 1.29 is 13.9 Å². The molecule has 134 valence electrons. The lowest BCUT2D eigenvalue weighted by Gasteiger charge is -2.10. The molecule has 2 aromatic carbocycles. The molecule has 0 fully saturated rings. The van der Waals surface area contributed by atoms with Gasteiger partial charge in [0.1, 0.15) is 18.1 Å². The molecule has 26 heavy (non-hydrogen) atoms. The van der Waals surface area contributed by atoms with Gasteiger partial charge in [0, 0.05) is 12.6 Å². The van der Waals surface area contributed by atoms with Gasteiger partial charge in [0.2, 0.25) is 5.91 Å². The maximum atomic E-state index is 13.2. The second-order valence-electron chi connectivity index (χ2n) is 5.75. The minimum absolute atomic E-state index is 0.148. The Kier molecular flexibility index (Phi) is 5.26. The molecule has 1 N–H and O–H groups in total. The molecule has 0 unspecified atom stereocenters. The Labute approximate surface area is 149 Å². The Morgan fingerprint density at radius 1 is 1.27 bits per heavy atom. The molecular formula is C19H18FN3O3. The van der Waals surface area contributed by atoms with Crippen molar-refractivity contribution in [2.75, 3.05) is 13.7 Å². The quantitative estimate of drug-likeness (QED) is 0.733. The highest BCUT2D eigenvalue weighted by Gasteiger charge is 2.09. The first kappa shape index (κ1) is 17.6. The van der Waals surface area contributed by atoms with E-state index in [1.807, 2.05) is 24.3 Å². The number of carbonyl (C=O) groups is 1. The maximum absolute atomic E-state index is 13.2. The summed E-state index contributed by atoms with van der Waals surface area (Å²) in [5.74, 6) is 0.00502. The standard InChI is InChI=1S/C19H18FN3O3/c1-26-17-5-3-2-4-13(17)8-9-21-18(24)11-23-12-22-16-10-14(20)6-7-15(16)19(23)25/h2-7,10,12H,8-9,11H2,1H3,(H,21,24). The van der Waals surface area contributed by atoms with Crippen LogP contribution in [0.25, 0.3) is 10.9 Å². The summed E-state index contributed by atoms with van der Waals surface area (Å²) in [5.41, 5.74) is 0.875. The van der Waals surface area contributed by atoms with Gasteiger partial charge in [-0.05, 0) is 30.2 Å². The molecule has 3 aromatic rings. The lowest BCUT2D eigenvalue weighted by atomic mass is 10.1. The molecule has 1 amide bonds. The largest absolute Gasteiger partial charge is 0.496 e. The SMILES string of the molecule is COc1ccccc1CCNC(=O)Cn1cnc2cc(F)ccc2c1=O. The van der Waals surface area contributed by atoms with Crippen LogP contribution >= 0.6 is 0 Å². The van der Waals surface area contributed by atoms with Crippen LogP contribution in [0.4, 0.5) is 4.39 Å². The first-order chi connectivity index (χ1) is 12.6. The summed E-state index contributed by atoms with van der Waals surface area (Å²) in [7, 11) is 1.60. The molecule has 0 saturated heterocycles. The number of halogens is 1. The third-order valence-electron chi connectivity index (χ3n) is 4.01. The van der Waals surface area contributed by atoms with Crippen molar-refractivity contribution in [2.24, 2.45) is 0 Å². The third-order valence-corrected chi connectivity index (χ3v) is 4.01. The second kappa shape index (κ2) is 7.77. The molecule has 6 nitrogen and oxygen atoms in total. The number of hydrogen-bond acceptors (Lipinski definition) is 4. The highest BCUT2D eigenvalue weighted by Crippen LogP contribution is 2.17. The van der Waals surface area contributed by atoms with Crippen molar-refractivity contribution in [3.63, 3.8) is 0 Å². The summed E-state index contributed by atoms with van der Waals surface area (Å²) >= 11 is 0. The fraction of sp³-hybridized carbons (Fsp3) is 0.211. The van der Waals surface area contributed by atoms with Crippen LogP contribution < -0.4 is 15.6 Å². The Hall–Kier alpha value is -3.22. The van der Waals surface area contributed by atoms with Gasteiger partial charge in [-0.1, -0.05) is 18.2 Å². The number of nitrogens with one attached hydrogen (secondary N) is 1. The summed E-state index contributed by atoms with van der Waals surface area (Å²) in [6, 6.07) is 11.3. The van der Waals surface area contributed by atoms with Crippen LogP contribution in [-0.4, -0.2) is 29.1 Å². The lowest BCUT2D eigenvalue weighted by Crippen LogP contribution is -2.33. The summed E-state index contributed by atoms with van der Waals surface area (Å²) in [5, 5.41) is 3.05. The summed E-state index contributed by atoms with van der Waals surface area (Å²) in [4.78, 5) is 28.5. The third kappa shape index (κ3) is 3.88. The maximum Gasteiger partial charge on any atom is 0.261 e. The van der Waals surface area contributed by atoms with Crippen LogP contribution in [0.15, 0.2) is 53.6 Å². The van der Waals surface area contributed by atoms with E-state index in [-0.39, 0.29) is 28.9 Å². The molecule has 0 aliphatic heterocycles. The van der Waals surface area contributed by atoms with E-state index in [1.54, 1.807) is 7.11 Å². The molecule has 0 aliphatic carbocycles. The predicted molar refractivity (Wildman–Crippen MR) is 95.7 cm³/mol. The summed E-state index contributed by atoms with van der Waals surface area (Å²) in [6.07, 6.45) is 1.86. The minimum Gasteiger partial charge on any atom is -0.496 e. The highest BCUT2D eigenvalue weighted by atomic mass is 19.1. The van der Waals surface area contributed by atoms with E-state index < -0.39 is 5.82 Å². The van der Waals surface area contributed by atoms with Gasteiger partial charge in [0.25, 0.3) is 5.56 Å². The molecule has 7 heteroatoms. The molecule has 0 aliphatic rings. The number of nitrogens with zero attached hydrogens (tertiary/aromatic N) is 2. The molecule has 1 heterocycles. The zero-order chi connectivity index (χ0) is 18.5. The van der Waals surface area contributed by atoms with Crippen LogP contribution in [0.2, 0.25) is 0 Å². The van der Waals surface area contributed by atoms with Gasteiger partial charge in [-0.3, -0.25) is 14.2 Å². The fourth-order valence-electron chi connectivity index (χ4n) is 2.70. The zero-order valence-corrected chi connectivity index (χ0v) is 14.2. The van der Waals surface area contributed by atoms with Crippen LogP contribution in [0.1, 0.15) is 5.56 Å². The molecule has 1 aromatic heterocycles. The molecule has 3 rings (SSSR count). The van der Waals surface area contributed by atoms with Gasteiger partial charge in [-0.2, -0.15) is 0 Å². The number of ether oxygens (including phenoxy) is 1. The molecular weight excluding hydrogens is 337 g/mol. The van der Waals surface area contributed by atoms with E-state index in [0.29, 0.717) is 13.0 Å². The highest BCUT2D eigenvalue weighted by molar-refractivity contribution is 5.79. The fourth-order valence-corrected chi connectivity index (χ4v) is 2.70. The van der Waals surface area contributed by atoms with Gasteiger partial charge >= 0.3 is 0 Å². The number of amides is 1. The molecule has 0 spiro atoms. The second-order valence-corrected chi connectivity index (χ2v) is 5.75. The number of methoxy groups -OCH3 is 1. The van der Waals surface area contributed by atoms with Crippen molar-refractivity contribution in [3.8, 4) is 5.75 Å². The van der Waals surface area contributed by atoms with E-state index in [2.05, 4.69) is 10.3 Å². The molecule has 0 radical (unpaired) electrons. The van der Waals surface area contributed by atoms with E-state index in [0.717, 1.165) is 11.3 Å². The average molecular weight is 355 g/mol. The number of fused-ring (bicyclic) bond motifs is 1. The number of benzene rings is 2. The molecule has 0 saturated carbocycles. The molecule has 0 bridgehead atoms. The first-order valence-corrected chi connectivity index (χ1v) is 8.12. The number of carbonyl (C=O) groups excluding carboxylic acids is 1. The van der Waals surface area contributed by atoms with Gasteiger partial charge < -0.3 is 10.1 Å². The van der Waals surface area contributed by atoms with Gasteiger partial charge in [0.15, 0.2) is 0 Å². The molecule has 0 atom stereocenters. The van der Waals surface area contributed by atoms with Crippen LogP contribution in [0.3, 0.4) is 0 Å². The smallest absolute Gasteiger partial charge is 0.261 e. The number of rotatable bonds is 6. The Bertz CT molecular complexity index is 1000. The van der Waals surface area contributed by atoms with E-state index in [1.165, 1.54) is 29.1 Å². The summed E-state index contributed by atoms with van der Waals surface area (Å²) in [6.45, 7) is 0.269. The van der Waals surface area contributed by atoms with Crippen molar-refractivity contribution in [1.29, 1.82) is 0 Å². The summed E-state index contributed by atoms with van der Waals surface area (Å²) < 4.78 is 19.7. The number of aromatic nitrogens is 2. The van der Waals surface area contributed by atoms with Crippen LogP contribution in [0.5, 0.6) is 5.75 Å². The monoisotopic (exact) mass is 355 g/mol. The van der Waals surface area contributed by atoms with Crippen molar-refractivity contribution in [3.05, 3.63) is 70.5 Å². The van der Waals surface area contributed by atoms with Crippen LogP contribution in [-0.2, 0) is 17.8 Å². The Morgan fingerprint density at radius 2 is 2.08 bits per heavy atom. The number of para-hydroxylation sites is 1.